The maximum atomic E-state index is 11.9. The number of non-ortho nitro benzene ring substituents is 1. The number of hydrogen-bond donors (Lipinski definition) is 2. The third-order valence-corrected chi connectivity index (χ3v) is 4.53. The lowest BCUT2D eigenvalue weighted by Gasteiger charge is -2.19. The minimum absolute atomic E-state index is 0.136. The summed E-state index contributed by atoms with van der Waals surface area (Å²) in [5.41, 5.74) is 0.198. The molecule has 0 spiro atoms. The van der Waals surface area contributed by atoms with E-state index in [9.17, 15) is 28.4 Å². The second-order valence-corrected chi connectivity index (χ2v) is 6.49. The van der Waals surface area contributed by atoms with E-state index in [1.165, 1.54) is 17.0 Å². The minimum atomic E-state index is -3.85. The number of carbonyl (C=O) groups is 1. The first kappa shape index (κ1) is 15.4. The summed E-state index contributed by atoms with van der Waals surface area (Å²) in [5, 5.41) is 24.0. The maximum absolute atomic E-state index is 11.9. The number of anilines is 1. The fourth-order valence-electron chi connectivity index (χ4n) is 2.20. The van der Waals surface area contributed by atoms with Crippen LogP contribution in [0, 0.1) is 10.1 Å². The van der Waals surface area contributed by atoms with Crippen LogP contribution in [-0.4, -0.2) is 36.1 Å². The lowest BCUT2D eigenvalue weighted by Crippen LogP contribution is -2.32. The molecule has 0 radical (unpaired) electrons. The highest BCUT2D eigenvalue weighted by Crippen LogP contribution is 2.30. The Morgan fingerprint density at radius 2 is 2.14 bits per heavy atom. The molecule has 1 amide bonds. The Labute approximate surface area is 120 Å². The van der Waals surface area contributed by atoms with Crippen molar-refractivity contribution in [2.45, 2.75) is 18.3 Å². The van der Waals surface area contributed by atoms with Crippen LogP contribution in [0.3, 0.4) is 0 Å². The van der Waals surface area contributed by atoms with Gasteiger partial charge in [-0.05, 0) is 6.07 Å². The zero-order valence-electron chi connectivity index (χ0n) is 10.8. The Hall–Kier alpha value is -2.04. The zero-order chi connectivity index (χ0) is 15.8. The van der Waals surface area contributed by atoms with Gasteiger partial charge >= 0.3 is 0 Å². The molecule has 2 rings (SSSR count). The molecule has 1 heterocycles. The summed E-state index contributed by atoms with van der Waals surface area (Å²) in [6.45, 7) is -0.649. The molecule has 1 aliphatic heterocycles. The topological polar surface area (TPSA) is 144 Å². The third-order valence-electron chi connectivity index (χ3n) is 3.29. The van der Waals surface area contributed by atoms with Gasteiger partial charge < -0.3 is 10.0 Å². The number of aliphatic hydroxyl groups is 1. The number of nitrogens with zero attached hydrogens (tertiary/aromatic N) is 2. The van der Waals surface area contributed by atoms with E-state index in [1.807, 2.05) is 0 Å². The molecule has 0 aromatic heterocycles. The van der Waals surface area contributed by atoms with E-state index in [0.29, 0.717) is 0 Å². The van der Waals surface area contributed by atoms with E-state index in [1.54, 1.807) is 0 Å². The van der Waals surface area contributed by atoms with Crippen molar-refractivity contribution >= 4 is 27.3 Å². The van der Waals surface area contributed by atoms with Gasteiger partial charge in [-0.15, -0.1) is 0 Å². The van der Waals surface area contributed by atoms with E-state index in [4.69, 9.17) is 5.14 Å². The van der Waals surface area contributed by atoms with E-state index in [-0.39, 0.29) is 29.9 Å². The molecule has 3 N–H and O–H groups in total. The molecule has 1 aromatic rings. The maximum Gasteiger partial charge on any atom is 0.269 e. The number of nitro groups is 1. The van der Waals surface area contributed by atoms with E-state index in [2.05, 4.69) is 0 Å². The van der Waals surface area contributed by atoms with Gasteiger partial charge in [0.1, 0.15) is 5.25 Å². The van der Waals surface area contributed by atoms with Gasteiger partial charge in [0, 0.05) is 36.3 Å². The smallest absolute Gasteiger partial charge is 0.269 e. The Morgan fingerprint density at radius 1 is 1.48 bits per heavy atom. The summed E-state index contributed by atoms with van der Waals surface area (Å²) in [6, 6.07) is 3.64. The molecule has 0 bridgehead atoms. The van der Waals surface area contributed by atoms with Crippen LogP contribution >= 0.6 is 0 Å². The number of sulfonamides is 1. The first-order chi connectivity index (χ1) is 9.74. The molecule has 10 heteroatoms. The van der Waals surface area contributed by atoms with Gasteiger partial charge in [0.05, 0.1) is 11.5 Å². The molecule has 1 fully saturated rings. The van der Waals surface area contributed by atoms with Gasteiger partial charge in [0.2, 0.25) is 15.9 Å². The van der Waals surface area contributed by atoms with Crippen molar-refractivity contribution in [3.05, 3.63) is 33.9 Å². The summed E-state index contributed by atoms with van der Waals surface area (Å²) in [4.78, 5) is 23.2. The molecule has 1 unspecified atom stereocenters. The van der Waals surface area contributed by atoms with Crippen molar-refractivity contribution in [3.63, 3.8) is 0 Å². The minimum Gasteiger partial charge on any atom is -0.392 e. The highest BCUT2D eigenvalue weighted by atomic mass is 32.2. The molecule has 1 saturated heterocycles. The van der Waals surface area contributed by atoms with Crippen LogP contribution in [0.25, 0.3) is 0 Å². The molecule has 1 atom stereocenters. The average molecular weight is 315 g/mol. The number of benzene rings is 1. The first-order valence-electron chi connectivity index (χ1n) is 5.94. The summed E-state index contributed by atoms with van der Waals surface area (Å²) in [7, 11) is -3.85. The van der Waals surface area contributed by atoms with Crippen molar-refractivity contribution in [1.29, 1.82) is 0 Å². The molecule has 9 nitrogen and oxygen atoms in total. The van der Waals surface area contributed by atoms with Gasteiger partial charge in [-0.1, -0.05) is 0 Å². The van der Waals surface area contributed by atoms with Crippen molar-refractivity contribution < 1.29 is 23.2 Å². The van der Waals surface area contributed by atoms with Crippen LogP contribution in [-0.2, 0) is 21.4 Å². The number of hydrogen-bond acceptors (Lipinski definition) is 6. The van der Waals surface area contributed by atoms with Crippen LogP contribution in [0.5, 0.6) is 0 Å². The van der Waals surface area contributed by atoms with E-state index in [0.717, 1.165) is 6.07 Å². The lowest BCUT2D eigenvalue weighted by atomic mass is 10.1. The van der Waals surface area contributed by atoms with Crippen LogP contribution in [0.4, 0.5) is 11.4 Å². The van der Waals surface area contributed by atoms with Crippen molar-refractivity contribution in [2.24, 2.45) is 5.14 Å². The average Bonchev–Trinajstić information content (AvgIpc) is 2.79. The molecule has 114 valence electrons. The highest BCUT2D eigenvalue weighted by molar-refractivity contribution is 7.89. The molecular weight excluding hydrogens is 302 g/mol. The van der Waals surface area contributed by atoms with Gasteiger partial charge in [0.15, 0.2) is 0 Å². The van der Waals surface area contributed by atoms with Crippen LogP contribution in [0.1, 0.15) is 12.0 Å². The predicted molar refractivity (Wildman–Crippen MR) is 72.9 cm³/mol. The zero-order valence-corrected chi connectivity index (χ0v) is 11.6. The second kappa shape index (κ2) is 5.39. The molecule has 1 aliphatic rings. The summed E-state index contributed by atoms with van der Waals surface area (Å²) >= 11 is 0. The SMILES string of the molecule is NS(=O)(=O)C1CC(=O)N(c2ccc([N+](=O)[O-])cc2CO)C1. The molecular formula is C11H13N3O6S. The Bertz CT molecular complexity index is 702. The quantitative estimate of drug-likeness (QED) is 0.565. The molecule has 0 aliphatic carbocycles. The van der Waals surface area contributed by atoms with Gasteiger partial charge in [-0.3, -0.25) is 14.9 Å². The monoisotopic (exact) mass is 315 g/mol. The van der Waals surface area contributed by atoms with Crippen molar-refractivity contribution in [2.75, 3.05) is 11.4 Å². The number of amides is 1. The molecule has 1 aromatic carbocycles. The Morgan fingerprint density at radius 3 is 2.62 bits per heavy atom. The highest BCUT2D eigenvalue weighted by Gasteiger charge is 2.38. The normalized spacial score (nSPS) is 19.0. The van der Waals surface area contributed by atoms with E-state index >= 15 is 0 Å². The fraction of sp³-hybridized carbons (Fsp3) is 0.364. The van der Waals surface area contributed by atoms with E-state index < -0.39 is 32.7 Å². The summed E-state index contributed by atoms with van der Waals surface area (Å²) < 4.78 is 22.6. The lowest BCUT2D eigenvalue weighted by molar-refractivity contribution is -0.384. The van der Waals surface area contributed by atoms with Crippen molar-refractivity contribution in [1.82, 2.24) is 0 Å². The first-order valence-corrected chi connectivity index (χ1v) is 7.55. The summed E-state index contributed by atoms with van der Waals surface area (Å²) in [5.74, 6) is -0.461. The molecule has 0 saturated carbocycles. The number of nitrogens with two attached hydrogens (primary N) is 1. The Kier molecular flexibility index (Phi) is 3.94. The summed E-state index contributed by atoms with van der Waals surface area (Å²) in [6.07, 6.45) is -0.249. The van der Waals surface area contributed by atoms with Crippen LogP contribution < -0.4 is 10.0 Å². The second-order valence-electron chi connectivity index (χ2n) is 4.65. The van der Waals surface area contributed by atoms with Crippen molar-refractivity contribution in [3.8, 4) is 0 Å². The third kappa shape index (κ3) is 3.01. The Balaban J connectivity index is 2.38. The van der Waals surface area contributed by atoms with Gasteiger partial charge in [-0.25, -0.2) is 13.6 Å². The van der Waals surface area contributed by atoms with Crippen LogP contribution in [0.15, 0.2) is 18.2 Å². The number of aliphatic hydroxyl groups excluding tert-OH is 1. The number of nitro benzene ring substituents is 1. The number of rotatable bonds is 4. The van der Waals surface area contributed by atoms with Gasteiger partial charge in [-0.2, -0.15) is 0 Å². The fourth-order valence-corrected chi connectivity index (χ4v) is 2.93. The number of primary sulfonamides is 1. The van der Waals surface area contributed by atoms with Gasteiger partial charge in [0.25, 0.3) is 5.69 Å². The number of carbonyl (C=O) groups excluding carboxylic acids is 1. The molecule has 21 heavy (non-hydrogen) atoms. The standard InChI is InChI=1S/C11H13N3O6S/c12-21(19,20)9-4-11(16)13(5-9)10-2-1-8(14(17)18)3-7(10)6-15/h1-3,9,15H,4-6H2,(H2,12,19,20). The van der Waals surface area contributed by atoms with Crippen LogP contribution in [0.2, 0.25) is 0 Å². The predicted octanol–water partition coefficient (Wildman–Crippen LogP) is -0.519. The largest absolute Gasteiger partial charge is 0.392 e.